The minimum atomic E-state index is -0.150. The lowest BCUT2D eigenvalue weighted by molar-refractivity contribution is -0.129. The van der Waals surface area contributed by atoms with Gasteiger partial charge in [-0.05, 0) is 30.4 Å². The van der Waals surface area contributed by atoms with Gasteiger partial charge in [-0.2, -0.15) is 0 Å². The zero-order valence-corrected chi connectivity index (χ0v) is 15.1. The zero-order chi connectivity index (χ0) is 18.2. The summed E-state index contributed by atoms with van der Waals surface area (Å²) in [6, 6.07) is 20.0. The second kappa shape index (κ2) is 9.18. The first-order valence-electron chi connectivity index (χ1n) is 9.38. The lowest BCUT2D eigenvalue weighted by Crippen LogP contribution is -2.38. The zero-order valence-electron chi connectivity index (χ0n) is 15.1. The molecule has 1 saturated heterocycles. The highest BCUT2D eigenvalue weighted by Gasteiger charge is 2.25. The van der Waals surface area contributed by atoms with Gasteiger partial charge < -0.3 is 10.2 Å². The third-order valence-electron chi connectivity index (χ3n) is 4.82. The molecule has 0 aromatic heterocycles. The smallest absolute Gasteiger partial charge is 0.222 e. The van der Waals surface area contributed by atoms with Gasteiger partial charge in [-0.15, -0.1) is 0 Å². The number of likely N-dealkylation sites (tertiary alicyclic amines) is 1. The van der Waals surface area contributed by atoms with Crippen molar-refractivity contribution >= 4 is 11.8 Å². The van der Waals surface area contributed by atoms with Gasteiger partial charge in [-0.1, -0.05) is 60.7 Å². The van der Waals surface area contributed by atoms with E-state index >= 15 is 0 Å². The van der Waals surface area contributed by atoms with Crippen LogP contribution in [-0.4, -0.2) is 29.8 Å². The predicted octanol–water partition coefficient (Wildman–Crippen LogP) is 3.49. The molecule has 0 aliphatic carbocycles. The fourth-order valence-electron chi connectivity index (χ4n) is 3.40. The molecule has 1 fully saturated rings. The van der Waals surface area contributed by atoms with Crippen molar-refractivity contribution in [2.75, 3.05) is 13.1 Å². The lowest BCUT2D eigenvalue weighted by Gasteiger charge is -2.25. The topological polar surface area (TPSA) is 49.4 Å². The highest BCUT2D eigenvalue weighted by atomic mass is 16.2. The minimum absolute atomic E-state index is 0.0430. The molecule has 0 saturated carbocycles. The molecular formula is C22H26N2O2. The number of carbonyl (C=O) groups is 2. The molecule has 136 valence electrons. The summed E-state index contributed by atoms with van der Waals surface area (Å²) in [5, 5.41) is 3.13. The predicted molar refractivity (Wildman–Crippen MR) is 103 cm³/mol. The average Bonchev–Trinajstić information content (AvgIpc) is 3.07. The standard InChI is InChI=1S/C22H26N2O2/c25-21(14-7-11-18-9-3-1-4-10-18)23-20(19-12-5-2-6-13-19)17-24-16-8-15-22(24)26/h1-6,9-10,12-13,20H,7-8,11,14-17H2,(H,23,25). The van der Waals surface area contributed by atoms with Gasteiger partial charge in [0, 0.05) is 25.9 Å². The van der Waals surface area contributed by atoms with E-state index in [9.17, 15) is 9.59 Å². The number of hydrogen-bond acceptors (Lipinski definition) is 2. The molecule has 3 rings (SSSR count). The number of carbonyl (C=O) groups excluding carboxylic acids is 2. The SMILES string of the molecule is O=C(CCCc1ccccc1)NC(CN1CCCC1=O)c1ccccc1. The maximum atomic E-state index is 12.5. The van der Waals surface area contributed by atoms with E-state index in [1.807, 2.05) is 53.4 Å². The van der Waals surface area contributed by atoms with E-state index in [2.05, 4.69) is 17.4 Å². The van der Waals surface area contributed by atoms with Gasteiger partial charge in [-0.25, -0.2) is 0 Å². The van der Waals surface area contributed by atoms with Crippen LogP contribution in [0.5, 0.6) is 0 Å². The number of amides is 2. The van der Waals surface area contributed by atoms with Crippen LogP contribution in [-0.2, 0) is 16.0 Å². The number of benzene rings is 2. The number of hydrogen-bond donors (Lipinski definition) is 1. The van der Waals surface area contributed by atoms with E-state index in [0.29, 0.717) is 19.4 Å². The Balaban J connectivity index is 1.56. The Bertz CT molecular complexity index is 715. The summed E-state index contributed by atoms with van der Waals surface area (Å²) in [6.45, 7) is 1.33. The molecule has 2 aromatic carbocycles. The van der Waals surface area contributed by atoms with Crippen LogP contribution in [0.2, 0.25) is 0 Å². The van der Waals surface area contributed by atoms with Crippen molar-refractivity contribution in [3.63, 3.8) is 0 Å². The fourth-order valence-corrected chi connectivity index (χ4v) is 3.40. The van der Waals surface area contributed by atoms with Crippen LogP contribution >= 0.6 is 0 Å². The van der Waals surface area contributed by atoms with Gasteiger partial charge in [-0.3, -0.25) is 9.59 Å². The van der Waals surface area contributed by atoms with Crippen LogP contribution < -0.4 is 5.32 Å². The Morgan fingerprint density at radius 1 is 1.04 bits per heavy atom. The van der Waals surface area contributed by atoms with Crippen LogP contribution in [0.3, 0.4) is 0 Å². The van der Waals surface area contributed by atoms with E-state index in [1.54, 1.807) is 0 Å². The quantitative estimate of drug-likeness (QED) is 0.792. The van der Waals surface area contributed by atoms with Gasteiger partial charge in [0.15, 0.2) is 0 Å². The molecule has 1 aliphatic rings. The van der Waals surface area contributed by atoms with Gasteiger partial charge in [0.05, 0.1) is 6.04 Å². The number of rotatable bonds is 8. The fraction of sp³-hybridized carbons (Fsp3) is 0.364. The van der Waals surface area contributed by atoms with E-state index in [-0.39, 0.29) is 17.9 Å². The van der Waals surface area contributed by atoms with E-state index in [0.717, 1.165) is 31.4 Å². The number of nitrogens with zero attached hydrogens (tertiary/aromatic N) is 1. The first-order chi connectivity index (χ1) is 12.7. The minimum Gasteiger partial charge on any atom is -0.348 e. The molecule has 1 atom stereocenters. The average molecular weight is 350 g/mol. The van der Waals surface area contributed by atoms with Crippen molar-refractivity contribution in [1.29, 1.82) is 0 Å². The molecular weight excluding hydrogens is 324 g/mol. The maximum absolute atomic E-state index is 12.5. The largest absolute Gasteiger partial charge is 0.348 e. The van der Waals surface area contributed by atoms with Gasteiger partial charge in [0.2, 0.25) is 11.8 Å². The molecule has 2 amide bonds. The molecule has 1 unspecified atom stereocenters. The molecule has 1 heterocycles. The molecule has 1 N–H and O–H groups in total. The Hall–Kier alpha value is -2.62. The van der Waals surface area contributed by atoms with Crippen LogP contribution in [0.15, 0.2) is 60.7 Å². The van der Waals surface area contributed by atoms with E-state index in [4.69, 9.17) is 0 Å². The van der Waals surface area contributed by atoms with Crippen LogP contribution in [0.1, 0.15) is 42.9 Å². The van der Waals surface area contributed by atoms with E-state index in [1.165, 1.54) is 5.56 Å². The summed E-state index contributed by atoms with van der Waals surface area (Å²) in [6.07, 6.45) is 3.74. The first kappa shape index (κ1) is 18.2. The number of nitrogens with one attached hydrogen (secondary N) is 1. The molecule has 26 heavy (non-hydrogen) atoms. The summed E-state index contributed by atoms with van der Waals surface area (Å²) in [5.41, 5.74) is 2.30. The Morgan fingerprint density at radius 2 is 1.73 bits per heavy atom. The highest BCUT2D eigenvalue weighted by molar-refractivity contribution is 5.79. The molecule has 4 nitrogen and oxygen atoms in total. The number of aryl methyl sites for hydroxylation is 1. The molecule has 0 spiro atoms. The second-order valence-electron chi connectivity index (χ2n) is 6.81. The van der Waals surface area contributed by atoms with Crippen molar-refractivity contribution in [2.45, 2.75) is 38.1 Å². The summed E-state index contributed by atoms with van der Waals surface area (Å²) in [4.78, 5) is 26.3. The highest BCUT2D eigenvalue weighted by Crippen LogP contribution is 2.19. The van der Waals surface area contributed by atoms with E-state index < -0.39 is 0 Å². The van der Waals surface area contributed by atoms with Crippen LogP contribution in [0.4, 0.5) is 0 Å². The van der Waals surface area contributed by atoms with Gasteiger partial charge in [0.1, 0.15) is 0 Å². The summed E-state index contributed by atoms with van der Waals surface area (Å²) in [5.74, 6) is 0.227. The maximum Gasteiger partial charge on any atom is 0.222 e. The molecule has 0 radical (unpaired) electrons. The Morgan fingerprint density at radius 3 is 2.38 bits per heavy atom. The first-order valence-corrected chi connectivity index (χ1v) is 9.38. The third-order valence-corrected chi connectivity index (χ3v) is 4.82. The second-order valence-corrected chi connectivity index (χ2v) is 6.81. The van der Waals surface area contributed by atoms with Crippen molar-refractivity contribution in [1.82, 2.24) is 10.2 Å². The van der Waals surface area contributed by atoms with Crippen molar-refractivity contribution < 1.29 is 9.59 Å². The van der Waals surface area contributed by atoms with Crippen LogP contribution in [0, 0.1) is 0 Å². The monoisotopic (exact) mass is 350 g/mol. The molecule has 4 heteroatoms. The summed E-state index contributed by atoms with van der Waals surface area (Å²) in [7, 11) is 0. The lowest BCUT2D eigenvalue weighted by atomic mass is 10.0. The summed E-state index contributed by atoms with van der Waals surface area (Å²) < 4.78 is 0. The van der Waals surface area contributed by atoms with Crippen LogP contribution in [0.25, 0.3) is 0 Å². The molecule has 1 aliphatic heterocycles. The Labute approximate surface area is 155 Å². The van der Waals surface area contributed by atoms with Crippen molar-refractivity contribution in [3.8, 4) is 0 Å². The van der Waals surface area contributed by atoms with Gasteiger partial charge in [0.25, 0.3) is 0 Å². The van der Waals surface area contributed by atoms with Crippen molar-refractivity contribution in [2.24, 2.45) is 0 Å². The van der Waals surface area contributed by atoms with Crippen molar-refractivity contribution in [3.05, 3.63) is 71.8 Å². The third kappa shape index (κ3) is 5.19. The molecule has 0 bridgehead atoms. The summed E-state index contributed by atoms with van der Waals surface area (Å²) >= 11 is 0. The van der Waals surface area contributed by atoms with Gasteiger partial charge >= 0.3 is 0 Å². The Kier molecular flexibility index (Phi) is 6.42. The normalized spacial score (nSPS) is 15.1. The molecule has 2 aromatic rings.